The van der Waals surface area contributed by atoms with Crippen molar-refractivity contribution < 1.29 is 22.7 Å². The maximum absolute atomic E-state index is 13.3. The molecule has 0 aliphatic rings. The van der Waals surface area contributed by atoms with Crippen LogP contribution in [0.5, 0.6) is 0 Å². The van der Waals surface area contributed by atoms with Crippen molar-refractivity contribution in [2.75, 3.05) is 5.75 Å². The van der Waals surface area contributed by atoms with Gasteiger partial charge in [-0.25, -0.2) is 4.98 Å². The van der Waals surface area contributed by atoms with E-state index in [1.807, 2.05) is 0 Å². The number of carbonyl (C=O) groups is 1. The molecule has 0 unspecified atom stereocenters. The standard InChI is InChI=1S/C15H9F3N2O2S2/c1-2-22-13(21)8-24-14-9(7-19)10(15(16,17)18)6-11(20-14)12-4-3-5-23-12/h2-6H,1,8H2. The highest BCUT2D eigenvalue weighted by molar-refractivity contribution is 7.99. The predicted octanol–water partition coefficient (Wildman–Crippen LogP) is 4.48. The van der Waals surface area contributed by atoms with Crippen molar-refractivity contribution in [1.29, 1.82) is 5.26 Å². The van der Waals surface area contributed by atoms with Gasteiger partial charge in [0.1, 0.15) is 11.1 Å². The maximum atomic E-state index is 13.3. The number of thioether (sulfide) groups is 1. The van der Waals surface area contributed by atoms with Crippen LogP contribution >= 0.6 is 23.1 Å². The monoisotopic (exact) mass is 370 g/mol. The van der Waals surface area contributed by atoms with Crippen molar-refractivity contribution in [3.05, 3.63) is 47.5 Å². The van der Waals surface area contributed by atoms with Crippen LogP contribution in [0.4, 0.5) is 13.2 Å². The Bertz CT molecular complexity index is 796. The first-order chi connectivity index (χ1) is 11.4. The third-order valence-electron chi connectivity index (χ3n) is 2.72. The summed E-state index contributed by atoms with van der Waals surface area (Å²) in [5, 5.41) is 10.7. The first-order valence-corrected chi connectivity index (χ1v) is 8.22. The number of nitriles is 1. The molecule has 124 valence electrons. The van der Waals surface area contributed by atoms with Gasteiger partial charge in [-0.1, -0.05) is 24.4 Å². The van der Waals surface area contributed by atoms with E-state index in [0.717, 1.165) is 12.3 Å². The summed E-state index contributed by atoms with van der Waals surface area (Å²) in [4.78, 5) is 16.0. The molecule has 0 fully saturated rings. The van der Waals surface area contributed by atoms with E-state index in [1.54, 1.807) is 17.5 Å². The number of carbonyl (C=O) groups excluding carboxylic acids is 1. The molecule has 4 nitrogen and oxygen atoms in total. The van der Waals surface area contributed by atoms with E-state index in [4.69, 9.17) is 5.26 Å². The highest BCUT2D eigenvalue weighted by Crippen LogP contribution is 2.38. The van der Waals surface area contributed by atoms with Crippen LogP contribution in [-0.4, -0.2) is 16.7 Å². The van der Waals surface area contributed by atoms with Gasteiger partial charge in [0.25, 0.3) is 0 Å². The number of aromatic nitrogens is 1. The lowest BCUT2D eigenvalue weighted by Crippen LogP contribution is -2.11. The van der Waals surface area contributed by atoms with Gasteiger partial charge in [0.15, 0.2) is 0 Å². The molecule has 0 bridgehead atoms. The van der Waals surface area contributed by atoms with Crippen LogP contribution in [0.3, 0.4) is 0 Å². The van der Waals surface area contributed by atoms with Crippen molar-refractivity contribution in [3.8, 4) is 16.6 Å². The molecule has 0 atom stereocenters. The van der Waals surface area contributed by atoms with Crippen molar-refractivity contribution in [2.24, 2.45) is 0 Å². The zero-order chi connectivity index (χ0) is 17.7. The van der Waals surface area contributed by atoms with Crippen LogP contribution < -0.4 is 0 Å². The van der Waals surface area contributed by atoms with Crippen LogP contribution in [0, 0.1) is 11.3 Å². The fourth-order valence-electron chi connectivity index (χ4n) is 1.76. The first kappa shape index (κ1) is 18.0. The molecule has 9 heteroatoms. The van der Waals surface area contributed by atoms with Gasteiger partial charge in [-0.2, -0.15) is 18.4 Å². The topological polar surface area (TPSA) is 63.0 Å². The predicted molar refractivity (Wildman–Crippen MR) is 84.3 cm³/mol. The molecule has 2 heterocycles. The molecule has 2 rings (SSSR count). The van der Waals surface area contributed by atoms with Gasteiger partial charge in [-0.05, 0) is 17.5 Å². The first-order valence-electron chi connectivity index (χ1n) is 6.36. The summed E-state index contributed by atoms with van der Waals surface area (Å²) in [5.41, 5.74) is -1.60. The Morgan fingerprint density at radius 1 is 1.54 bits per heavy atom. The van der Waals surface area contributed by atoms with Crippen molar-refractivity contribution >= 4 is 29.1 Å². The van der Waals surface area contributed by atoms with Gasteiger partial charge in [0.2, 0.25) is 0 Å². The molecule has 2 aromatic rings. The van der Waals surface area contributed by atoms with Crippen molar-refractivity contribution in [1.82, 2.24) is 4.98 Å². The van der Waals surface area contributed by atoms with E-state index >= 15 is 0 Å². The number of halogens is 3. The Balaban J connectivity index is 2.50. The molecule has 0 aliphatic heterocycles. The fourth-order valence-corrected chi connectivity index (χ4v) is 3.23. The van der Waals surface area contributed by atoms with E-state index in [2.05, 4.69) is 16.3 Å². The molecular formula is C15H9F3N2O2S2. The Kier molecular flexibility index (Phi) is 5.64. The van der Waals surface area contributed by atoms with Gasteiger partial charge in [0.05, 0.1) is 33.7 Å². The highest BCUT2D eigenvalue weighted by atomic mass is 32.2. The van der Waals surface area contributed by atoms with Crippen LogP contribution in [0.2, 0.25) is 0 Å². The van der Waals surface area contributed by atoms with Gasteiger partial charge in [-0.3, -0.25) is 4.79 Å². The van der Waals surface area contributed by atoms with E-state index < -0.39 is 23.3 Å². The second-order valence-corrected chi connectivity index (χ2v) is 6.18. The lowest BCUT2D eigenvalue weighted by atomic mass is 10.1. The van der Waals surface area contributed by atoms with Crippen LogP contribution in [0.25, 0.3) is 10.6 Å². The zero-order valence-electron chi connectivity index (χ0n) is 12.0. The minimum atomic E-state index is -4.71. The Labute approximate surface area is 143 Å². The average Bonchev–Trinajstić information content (AvgIpc) is 3.05. The second kappa shape index (κ2) is 7.51. The Morgan fingerprint density at radius 3 is 2.83 bits per heavy atom. The largest absolute Gasteiger partial charge is 0.435 e. The SMILES string of the molecule is C=COC(=O)CSc1nc(-c2cccs2)cc(C(F)(F)F)c1C#N. The Morgan fingerprint density at radius 2 is 2.29 bits per heavy atom. The maximum Gasteiger partial charge on any atom is 0.417 e. The van der Waals surface area contributed by atoms with Crippen molar-refractivity contribution in [3.63, 3.8) is 0 Å². The van der Waals surface area contributed by atoms with Crippen LogP contribution in [-0.2, 0) is 15.7 Å². The number of esters is 1. The average molecular weight is 370 g/mol. The lowest BCUT2D eigenvalue weighted by Gasteiger charge is -2.13. The third-order valence-corrected chi connectivity index (χ3v) is 4.56. The normalized spacial score (nSPS) is 10.9. The number of alkyl halides is 3. The lowest BCUT2D eigenvalue weighted by molar-refractivity contribution is -0.138. The highest BCUT2D eigenvalue weighted by Gasteiger charge is 2.36. The number of nitrogens with zero attached hydrogens (tertiary/aromatic N) is 2. The summed E-state index contributed by atoms with van der Waals surface area (Å²) in [5.74, 6) is -0.991. The van der Waals surface area contributed by atoms with Gasteiger partial charge < -0.3 is 4.74 Å². The summed E-state index contributed by atoms with van der Waals surface area (Å²) in [6, 6.07) is 5.68. The molecular weight excluding hydrogens is 361 g/mol. The minimum absolute atomic E-state index is 0.0934. The van der Waals surface area contributed by atoms with Crippen molar-refractivity contribution in [2.45, 2.75) is 11.2 Å². The van der Waals surface area contributed by atoms with E-state index in [-0.39, 0.29) is 16.5 Å². The number of pyridine rings is 1. The quantitative estimate of drug-likeness (QED) is 0.441. The second-order valence-electron chi connectivity index (χ2n) is 4.27. The molecule has 0 amide bonds. The van der Waals surface area contributed by atoms with Gasteiger partial charge in [0, 0.05) is 0 Å². The summed E-state index contributed by atoms with van der Waals surface area (Å²) in [7, 11) is 0. The van der Waals surface area contributed by atoms with Crippen LogP contribution in [0.15, 0.2) is 41.4 Å². The molecule has 0 spiro atoms. The number of ether oxygens (including phenoxy) is 1. The summed E-state index contributed by atoms with van der Waals surface area (Å²) >= 11 is 1.93. The van der Waals surface area contributed by atoms with Gasteiger partial charge in [-0.15, -0.1) is 11.3 Å². The molecule has 0 aromatic carbocycles. The molecule has 24 heavy (non-hydrogen) atoms. The zero-order valence-corrected chi connectivity index (χ0v) is 13.6. The summed E-state index contributed by atoms with van der Waals surface area (Å²) in [6.07, 6.45) is -3.79. The number of thiophene rings is 1. The number of hydrogen-bond acceptors (Lipinski definition) is 6. The summed E-state index contributed by atoms with van der Waals surface area (Å²) < 4.78 is 44.3. The molecule has 0 N–H and O–H groups in total. The fraction of sp³-hybridized carbons (Fsp3) is 0.133. The van der Waals surface area contributed by atoms with E-state index in [0.29, 0.717) is 16.6 Å². The van der Waals surface area contributed by atoms with Crippen LogP contribution in [0.1, 0.15) is 11.1 Å². The summed E-state index contributed by atoms with van der Waals surface area (Å²) in [6.45, 7) is 3.22. The Hall–Kier alpha value is -2.31. The minimum Gasteiger partial charge on any atom is -0.435 e. The van der Waals surface area contributed by atoms with E-state index in [1.165, 1.54) is 17.4 Å². The van der Waals surface area contributed by atoms with E-state index in [9.17, 15) is 18.0 Å². The molecule has 0 saturated heterocycles. The molecule has 0 aliphatic carbocycles. The number of hydrogen-bond donors (Lipinski definition) is 0. The molecule has 0 radical (unpaired) electrons. The smallest absolute Gasteiger partial charge is 0.417 e. The molecule has 0 saturated carbocycles. The number of rotatable bonds is 5. The molecule has 2 aromatic heterocycles. The third kappa shape index (κ3) is 4.15. The van der Waals surface area contributed by atoms with Gasteiger partial charge >= 0.3 is 12.1 Å².